The molecular formula is C19H35ClN2O4Si2. The first-order valence-corrected chi connectivity index (χ1v) is 15.7. The lowest BCUT2D eigenvalue weighted by atomic mass is 10.2. The van der Waals surface area contributed by atoms with Crippen LogP contribution in [-0.2, 0) is 8.85 Å². The highest BCUT2D eigenvalue weighted by atomic mass is 35.5. The molecule has 1 heterocycles. The Morgan fingerprint density at radius 2 is 1.61 bits per heavy atom. The molecular weight excluding hydrogens is 412 g/mol. The van der Waals surface area contributed by atoms with E-state index in [9.17, 15) is 10.1 Å². The number of nitro groups is 1. The number of hydrogen-bond donors (Lipinski definition) is 0. The normalized spacial score (nSPS) is 14.8. The molecule has 0 bridgehead atoms. The maximum absolute atomic E-state index is 11.0. The van der Waals surface area contributed by atoms with Crippen molar-refractivity contribution < 1.29 is 13.8 Å². The Hall–Kier alpha value is -0.806. The molecule has 6 nitrogen and oxygen atoms in total. The van der Waals surface area contributed by atoms with E-state index in [2.05, 4.69) is 72.7 Å². The Morgan fingerprint density at radius 1 is 1.11 bits per heavy atom. The number of nitrogens with zero attached hydrogens (tertiary/aromatic N) is 2. The van der Waals surface area contributed by atoms with Crippen molar-refractivity contribution in [3.8, 4) is 0 Å². The van der Waals surface area contributed by atoms with Gasteiger partial charge in [-0.05, 0) is 36.3 Å². The predicted molar refractivity (Wildman–Crippen MR) is 120 cm³/mol. The van der Waals surface area contributed by atoms with E-state index in [1.807, 2.05) is 0 Å². The third kappa shape index (κ3) is 6.09. The first-order chi connectivity index (χ1) is 12.4. The van der Waals surface area contributed by atoms with Crippen molar-refractivity contribution in [1.82, 2.24) is 4.98 Å². The fourth-order valence-corrected chi connectivity index (χ4v) is 4.50. The highest BCUT2D eigenvalue weighted by Crippen LogP contribution is 2.42. The highest BCUT2D eigenvalue weighted by molar-refractivity contribution is 6.74. The van der Waals surface area contributed by atoms with Crippen LogP contribution >= 0.6 is 11.6 Å². The Bertz CT molecular complexity index is 713. The lowest BCUT2D eigenvalue weighted by Crippen LogP contribution is -2.45. The van der Waals surface area contributed by atoms with Crippen molar-refractivity contribution in [3.05, 3.63) is 33.1 Å². The van der Waals surface area contributed by atoms with Gasteiger partial charge >= 0.3 is 0 Å². The zero-order valence-corrected chi connectivity index (χ0v) is 21.6. The summed E-state index contributed by atoms with van der Waals surface area (Å²) in [5.74, 6) is 0. The fraction of sp³-hybridized carbons (Fsp3) is 0.737. The number of aromatic nitrogens is 1. The van der Waals surface area contributed by atoms with E-state index >= 15 is 0 Å². The maximum atomic E-state index is 11.0. The topological polar surface area (TPSA) is 74.5 Å². The van der Waals surface area contributed by atoms with Crippen molar-refractivity contribution in [2.75, 3.05) is 6.61 Å². The molecule has 0 amide bonds. The van der Waals surface area contributed by atoms with Gasteiger partial charge in [-0.15, -0.1) is 0 Å². The SMILES string of the molecule is CC(C)(C)[Si](C)(C)OCC(O[Si](C)(C)C(C)(C)C)c1ncc([N+](=O)[O-])cc1Cl. The summed E-state index contributed by atoms with van der Waals surface area (Å²) in [5.41, 5.74) is 0.362. The van der Waals surface area contributed by atoms with Gasteiger partial charge in [0, 0.05) is 6.07 Å². The summed E-state index contributed by atoms with van der Waals surface area (Å²) in [5, 5.41) is 11.3. The number of hydrogen-bond acceptors (Lipinski definition) is 5. The van der Waals surface area contributed by atoms with Crippen molar-refractivity contribution in [1.29, 1.82) is 0 Å². The average Bonchev–Trinajstić information content (AvgIpc) is 2.49. The minimum absolute atomic E-state index is 0.00449. The van der Waals surface area contributed by atoms with Gasteiger partial charge in [0.15, 0.2) is 16.6 Å². The lowest BCUT2D eigenvalue weighted by molar-refractivity contribution is -0.385. The second kappa shape index (κ2) is 8.51. The predicted octanol–water partition coefficient (Wildman–Crippen LogP) is 6.73. The number of pyridine rings is 1. The summed E-state index contributed by atoms with van der Waals surface area (Å²) in [4.78, 5) is 14.8. The lowest BCUT2D eigenvalue weighted by Gasteiger charge is -2.41. The Morgan fingerprint density at radius 3 is 2.00 bits per heavy atom. The molecule has 1 rings (SSSR count). The van der Waals surface area contributed by atoms with Crippen molar-refractivity contribution in [2.24, 2.45) is 0 Å². The van der Waals surface area contributed by atoms with Crippen LogP contribution in [0.2, 0.25) is 41.3 Å². The van der Waals surface area contributed by atoms with Crippen LogP contribution in [0.15, 0.2) is 12.3 Å². The van der Waals surface area contributed by atoms with Crippen LogP contribution in [0.3, 0.4) is 0 Å². The molecule has 0 aliphatic heterocycles. The van der Waals surface area contributed by atoms with Crippen molar-refractivity contribution in [3.63, 3.8) is 0 Å². The van der Waals surface area contributed by atoms with E-state index in [4.69, 9.17) is 20.5 Å². The van der Waals surface area contributed by atoms with Gasteiger partial charge in [-0.1, -0.05) is 53.1 Å². The molecule has 28 heavy (non-hydrogen) atoms. The van der Waals surface area contributed by atoms with Crippen LogP contribution in [0.5, 0.6) is 0 Å². The summed E-state index contributed by atoms with van der Waals surface area (Å²) < 4.78 is 13.0. The zero-order chi connectivity index (χ0) is 22.1. The van der Waals surface area contributed by atoms with Gasteiger partial charge in [-0.3, -0.25) is 10.1 Å². The second-order valence-corrected chi connectivity index (χ2v) is 20.2. The van der Waals surface area contributed by atoms with Gasteiger partial charge < -0.3 is 8.85 Å². The molecule has 0 fully saturated rings. The van der Waals surface area contributed by atoms with Gasteiger partial charge in [0.05, 0.1) is 22.2 Å². The monoisotopic (exact) mass is 446 g/mol. The first kappa shape index (κ1) is 25.2. The summed E-state index contributed by atoms with van der Waals surface area (Å²) >= 11 is 6.38. The number of halogens is 1. The summed E-state index contributed by atoms with van der Waals surface area (Å²) in [6.07, 6.45) is 0.763. The van der Waals surface area contributed by atoms with E-state index in [0.29, 0.717) is 12.3 Å². The standard InChI is InChI=1S/C19H35ClN2O4Si2/c1-18(2,3)27(7,8)25-13-16(26-28(9,10)19(4,5)6)17-15(20)11-14(12-21-17)22(23)24/h11-12,16H,13H2,1-10H3. The van der Waals surface area contributed by atoms with Gasteiger partial charge in [0.1, 0.15) is 12.3 Å². The van der Waals surface area contributed by atoms with Gasteiger partial charge in [0.25, 0.3) is 5.69 Å². The number of rotatable bonds is 7. The Balaban J connectivity index is 3.27. The molecule has 1 atom stereocenters. The van der Waals surface area contributed by atoms with E-state index in [1.54, 1.807) is 0 Å². The van der Waals surface area contributed by atoms with Gasteiger partial charge in [0.2, 0.25) is 0 Å². The van der Waals surface area contributed by atoms with Crippen molar-refractivity contribution >= 4 is 33.9 Å². The van der Waals surface area contributed by atoms with Crippen LogP contribution in [0.1, 0.15) is 53.3 Å². The second-order valence-electron chi connectivity index (χ2n) is 10.3. The molecule has 1 unspecified atom stereocenters. The Kier molecular flexibility index (Phi) is 7.67. The molecule has 1 aromatic rings. The molecule has 0 aliphatic rings. The minimum atomic E-state index is -2.15. The summed E-state index contributed by atoms with van der Waals surface area (Å²) in [6, 6.07) is 1.33. The molecule has 0 saturated heterocycles. The third-order valence-corrected chi connectivity index (χ3v) is 15.3. The van der Waals surface area contributed by atoms with Gasteiger partial charge in [-0.2, -0.15) is 0 Å². The molecule has 0 aromatic carbocycles. The van der Waals surface area contributed by atoms with E-state index < -0.39 is 27.7 Å². The highest BCUT2D eigenvalue weighted by Gasteiger charge is 2.42. The van der Waals surface area contributed by atoms with E-state index in [-0.39, 0.29) is 20.8 Å². The molecule has 9 heteroatoms. The van der Waals surface area contributed by atoms with Crippen LogP contribution in [0.25, 0.3) is 0 Å². The molecule has 1 aromatic heterocycles. The summed E-state index contributed by atoms with van der Waals surface area (Å²) in [6.45, 7) is 22.0. The largest absolute Gasteiger partial charge is 0.414 e. The molecule has 0 saturated carbocycles. The van der Waals surface area contributed by atoms with E-state index in [0.717, 1.165) is 0 Å². The quantitative estimate of drug-likeness (QED) is 0.263. The molecule has 0 spiro atoms. The smallest absolute Gasteiger partial charge is 0.289 e. The first-order valence-electron chi connectivity index (χ1n) is 9.51. The fourth-order valence-electron chi connectivity index (χ4n) is 1.98. The minimum Gasteiger partial charge on any atom is -0.414 e. The molecule has 0 radical (unpaired) electrons. The maximum Gasteiger partial charge on any atom is 0.289 e. The Labute approximate surface area is 176 Å². The zero-order valence-electron chi connectivity index (χ0n) is 18.8. The van der Waals surface area contributed by atoms with Crippen LogP contribution in [-0.4, -0.2) is 33.1 Å². The van der Waals surface area contributed by atoms with Crippen LogP contribution in [0, 0.1) is 10.1 Å². The van der Waals surface area contributed by atoms with Crippen LogP contribution in [0.4, 0.5) is 5.69 Å². The third-order valence-electron chi connectivity index (χ3n) is 6.02. The van der Waals surface area contributed by atoms with Crippen LogP contribution < -0.4 is 0 Å². The van der Waals surface area contributed by atoms with Gasteiger partial charge in [-0.25, -0.2) is 4.98 Å². The van der Waals surface area contributed by atoms with Crippen molar-refractivity contribution in [2.45, 2.75) is 83.9 Å². The summed E-state index contributed by atoms with van der Waals surface area (Å²) in [7, 11) is -4.16. The molecule has 0 N–H and O–H groups in total. The molecule has 160 valence electrons. The molecule has 0 aliphatic carbocycles. The van der Waals surface area contributed by atoms with E-state index in [1.165, 1.54) is 12.3 Å². The average molecular weight is 447 g/mol.